The Morgan fingerprint density at radius 1 is 1.19 bits per heavy atom. The predicted octanol–water partition coefficient (Wildman–Crippen LogP) is 3.09. The van der Waals surface area contributed by atoms with Crippen LogP contribution in [0.5, 0.6) is 0 Å². The van der Waals surface area contributed by atoms with Gasteiger partial charge in [-0.2, -0.15) is 5.10 Å². The molecular weight excluding hydrogens is 459 g/mol. The number of aromatic nitrogens is 3. The van der Waals surface area contributed by atoms with Gasteiger partial charge in [-0.3, -0.25) is 9.67 Å². The van der Waals surface area contributed by atoms with Crippen molar-refractivity contribution in [2.24, 2.45) is 12.0 Å². The summed E-state index contributed by atoms with van der Waals surface area (Å²) in [5.41, 5.74) is 3.75. The summed E-state index contributed by atoms with van der Waals surface area (Å²) < 4.78 is 2.00. The Morgan fingerprint density at radius 3 is 2.54 bits per heavy atom. The Morgan fingerprint density at radius 2 is 1.96 bits per heavy atom. The number of rotatable bonds is 8. The van der Waals surface area contributed by atoms with Gasteiger partial charge >= 0.3 is 0 Å². The molecule has 0 atom stereocenters. The lowest BCUT2D eigenvalue weighted by atomic mass is 10.1. The molecule has 0 aliphatic carbocycles. The standard InChI is InChI=1S/C18H30N6S.HI/c1-6-13-11-21-17(25-13)9-10-20-18(19-4)22-12-14-15(7-2)23-24(5)16(14)8-3;/h11H,6-10,12H2,1-5H3,(H2,19,20,22);1H. The van der Waals surface area contributed by atoms with E-state index in [0.717, 1.165) is 50.4 Å². The largest absolute Gasteiger partial charge is 0.356 e. The van der Waals surface area contributed by atoms with E-state index in [0.29, 0.717) is 0 Å². The SMILES string of the molecule is CCc1cnc(CCNC(=NC)NCc2c(CC)nn(C)c2CC)s1.I. The van der Waals surface area contributed by atoms with Gasteiger partial charge in [0.05, 0.1) is 10.7 Å². The summed E-state index contributed by atoms with van der Waals surface area (Å²) in [6, 6.07) is 0. The minimum atomic E-state index is 0. The number of nitrogens with zero attached hydrogens (tertiary/aromatic N) is 4. The Labute approximate surface area is 177 Å². The minimum absolute atomic E-state index is 0. The smallest absolute Gasteiger partial charge is 0.191 e. The van der Waals surface area contributed by atoms with Crippen molar-refractivity contribution in [3.8, 4) is 0 Å². The molecule has 2 rings (SSSR count). The van der Waals surface area contributed by atoms with Crippen LogP contribution in [0.25, 0.3) is 0 Å². The van der Waals surface area contributed by atoms with Crippen LogP contribution in [0.4, 0.5) is 0 Å². The summed E-state index contributed by atoms with van der Waals surface area (Å²) in [4.78, 5) is 10.1. The maximum absolute atomic E-state index is 4.63. The second kappa shape index (κ2) is 11.5. The van der Waals surface area contributed by atoms with Crippen LogP contribution >= 0.6 is 35.3 Å². The normalized spacial score (nSPS) is 11.3. The minimum Gasteiger partial charge on any atom is -0.356 e. The second-order valence-electron chi connectivity index (χ2n) is 5.88. The van der Waals surface area contributed by atoms with Gasteiger partial charge in [-0.25, -0.2) is 4.98 Å². The van der Waals surface area contributed by atoms with Gasteiger partial charge in [0, 0.05) is 55.9 Å². The number of guanidine groups is 1. The number of halogens is 1. The molecule has 8 heteroatoms. The van der Waals surface area contributed by atoms with Crippen molar-refractivity contribution >= 4 is 41.3 Å². The van der Waals surface area contributed by atoms with Gasteiger partial charge in [-0.05, 0) is 19.3 Å². The molecule has 0 bridgehead atoms. The molecule has 26 heavy (non-hydrogen) atoms. The number of hydrogen-bond acceptors (Lipinski definition) is 4. The third-order valence-corrected chi connectivity index (χ3v) is 5.47. The molecule has 0 saturated heterocycles. The van der Waals surface area contributed by atoms with Gasteiger partial charge in [-0.15, -0.1) is 35.3 Å². The van der Waals surface area contributed by atoms with Crippen molar-refractivity contribution in [2.45, 2.75) is 53.0 Å². The van der Waals surface area contributed by atoms with Crippen LogP contribution in [-0.2, 0) is 39.3 Å². The van der Waals surface area contributed by atoms with E-state index in [4.69, 9.17) is 0 Å². The third-order valence-electron chi connectivity index (χ3n) is 4.27. The van der Waals surface area contributed by atoms with Crippen molar-refractivity contribution in [2.75, 3.05) is 13.6 Å². The molecule has 0 saturated carbocycles. The van der Waals surface area contributed by atoms with Gasteiger partial charge in [0.2, 0.25) is 0 Å². The van der Waals surface area contributed by atoms with Crippen LogP contribution in [0.2, 0.25) is 0 Å². The first-order chi connectivity index (χ1) is 12.1. The summed E-state index contributed by atoms with van der Waals surface area (Å²) in [5.74, 6) is 0.820. The molecule has 0 unspecified atom stereocenters. The molecule has 6 nitrogen and oxygen atoms in total. The summed E-state index contributed by atoms with van der Waals surface area (Å²) in [5, 5.41) is 12.6. The number of nitrogens with one attached hydrogen (secondary N) is 2. The summed E-state index contributed by atoms with van der Waals surface area (Å²) in [7, 11) is 3.83. The van der Waals surface area contributed by atoms with Crippen LogP contribution in [0.1, 0.15) is 47.6 Å². The molecule has 0 amide bonds. The van der Waals surface area contributed by atoms with Crippen molar-refractivity contribution in [3.05, 3.63) is 33.0 Å². The van der Waals surface area contributed by atoms with Gasteiger partial charge in [-0.1, -0.05) is 20.8 Å². The Hall–Kier alpha value is -1.16. The van der Waals surface area contributed by atoms with Gasteiger partial charge in [0.25, 0.3) is 0 Å². The van der Waals surface area contributed by atoms with Crippen LogP contribution in [-0.4, -0.2) is 34.3 Å². The van der Waals surface area contributed by atoms with Crippen molar-refractivity contribution in [1.29, 1.82) is 0 Å². The molecule has 2 heterocycles. The molecule has 0 fully saturated rings. The van der Waals surface area contributed by atoms with Crippen LogP contribution < -0.4 is 10.6 Å². The van der Waals surface area contributed by atoms with E-state index in [1.807, 2.05) is 17.9 Å². The Kier molecular flexibility index (Phi) is 10.1. The van der Waals surface area contributed by atoms with Crippen molar-refractivity contribution in [3.63, 3.8) is 0 Å². The van der Waals surface area contributed by atoms with E-state index in [1.165, 1.54) is 21.1 Å². The highest BCUT2D eigenvalue weighted by atomic mass is 127. The summed E-state index contributed by atoms with van der Waals surface area (Å²) in [6.07, 6.45) is 5.88. The number of aliphatic imine (C=N–C) groups is 1. The molecule has 0 aromatic carbocycles. The van der Waals surface area contributed by atoms with E-state index in [2.05, 4.69) is 46.5 Å². The first-order valence-electron chi connectivity index (χ1n) is 9.04. The van der Waals surface area contributed by atoms with Gasteiger partial charge in [0.15, 0.2) is 5.96 Å². The fourth-order valence-corrected chi connectivity index (χ4v) is 3.76. The lowest BCUT2D eigenvalue weighted by Gasteiger charge is -2.12. The average molecular weight is 490 g/mol. The lowest BCUT2D eigenvalue weighted by molar-refractivity contribution is 0.702. The zero-order valence-electron chi connectivity index (χ0n) is 16.4. The van der Waals surface area contributed by atoms with Gasteiger partial charge < -0.3 is 10.6 Å². The van der Waals surface area contributed by atoms with Gasteiger partial charge in [0.1, 0.15) is 0 Å². The van der Waals surface area contributed by atoms with E-state index in [1.54, 1.807) is 18.4 Å². The monoisotopic (exact) mass is 490 g/mol. The van der Waals surface area contributed by atoms with E-state index in [-0.39, 0.29) is 24.0 Å². The van der Waals surface area contributed by atoms with E-state index in [9.17, 15) is 0 Å². The molecule has 2 N–H and O–H groups in total. The maximum atomic E-state index is 4.63. The fraction of sp³-hybridized carbons (Fsp3) is 0.611. The van der Waals surface area contributed by atoms with E-state index < -0.39 is 0 Å². The third kappa shape index (κ3) is 5.94. The highest BCUT2D eigenvalue weighted by Gasteiger charge is 2.13. The van der Waals surface area contributed by atoms with Crippen LogP contribution in [0.15, 0.2) is 11.2 Å². The fourth-order valence-electron chi connectivity index (χ4n) is 2.90. The lowest BCUT2D eigenvalue weighted by Crippen LogP contribution is -2.38. The molecule has 0 spiro atoms. The molecule has 0 radical (unpaired) electrons. The molecular formula is C18H31IN6S. The Bertz CT molecular complexity index is 707. The average Bonchev–Trinajstić information content (AvgIpc) is 3.21. The zero-order chi connectivity index (χ0) is 18.2. The van der Waals surface area contributed by atoms with Crippen molar-refractivity contribution in [1.82, 2.24) is 25.4 Å². The molecule has 2 aromatic heterocycles. The highest BCUT2D eigenvalue weighted by molar-refractivity contribution is 14.0. The summed E-state index contributed by atoms with van der Waals surface area (Å²) in [6.45, 7) is 8.05. The Balaban J connectivity index is 0.00000338. The highest BCUT2D eigenvalue weighted by Crippen LogP contribution is 2.15. The maximum Gasteiger partial charge on any atom is 0.191 e. The topological polar surface area (TPSA) is 67.1 Å². The molecule has 0 aliphatic heterocycles. The quantitative estimate of drug-likeness (QED) is 0.339. The molecule has 146 valence electrons. The molecule has 0 aliphatic rings. The summed E-state index contributed by atoms with van der Waals surface area (Å²) >= 11 is 1.79. The first kappa shape index (κ1) is 22.9. The number of aryl methyl sites for hydroxylation is 3. The molecule has 2 aromatic rings. The first-order valence-corrected chi connectivity index (χ1v) is 9.86. The zero-order valence-corrected chi connectivity index (χ0v) is 19.6. The van der Waals surface area contributed by atoms with Crippen LogP contribution in [0, 0.1) is 0 Å². The van der Waals surface area contributed by atoms with Crippen molar-refractivity contribution < 1.29 is 0 Å². The predicted molar refractivity (Wildman–Crippen MR) is 121 cm³/mol. The number of hydrogen-bond donors (Lipinski definition) is 2. The van der Waals surface area contributed by atoms with E-state index >= 15 is 0 Å². The number of thiazole rings is 1. The van der Waals surface area contributed by atoms with Crippen LogP contribution in [0.3, 0.4) is 0 Å². The second-order valence-corrected chi connectivity index (χ2v) is 7.08.